The molecule has 0 bridgehead atoms. The molecule has 1 fully saturated rings. The van der Waals surface area contributed by atoms with Crippen LogP contribution in [0.4, 0.5) is 0 Å². The van der Waals surface area contributed by atoms with Gasteiger partial charge in [0.25, 0.3) is 0 Å². The van der Waals surface area contributed by atoms with Gasteiger partial charge in [0.15, 0.2) is 5.96 Å². The third-order valence-corrected chi connectivity index (χ3v) is 3.67. The predicted octanol–water partition coefficient (Wildman–Crippen LogP) is 3.70. The van der Waals surface area contributed by atoms with E-state index in [0.717, 1.165) is 19.1 Å². The van der Waals surface area contributed by atoms with E-state index in [1.54, 1.807) is 0 Å². The van der Waals surface area contributed by atoms with Crippen LogP contribution in [-0.2, 0) is 4.74 Å². The molecule has 1 saturated carbocycles. The summed E-state index contributed by atoms with van der Waals surface area (Å²) in [5.41, 5.74) is 0. The highest BCUT2D eigenvalue weighted by molar-refractivity contribution is 14.0. The molecule has 126 valence electrons. The van der Waals surface area contributed by atoms with Crippen LogP contribution in [0.25, 0.3) is 0 Å². The molecule has 0 spiro atoms. The molecule has 0 saturated heterocycles. The summed E-state index contributed by atoms with van der Waals surface area (Å²) in [4.78, 5) is 4.19. The molecule has 0 amide bonds. The normalized spacial score (nSPS) is 16.7. The minimum Gasteiger partial charge on any atom is -0.378 e. The third kappa shape index (κ3) is 11.2. The molecule has 0 aromatic carbocycles. The van der Waals surface area contributed by atoms with E-state index in [1.165, 1.54) is 51.4 Å². The Hall–Kier alpha value is -0.0400. The molecular formula is C16H34IN3O. The topological polar surface area (TPSA) is 45.7 Å². The van der Waals surface area contributed by atoms with Gasteiger partial charge in [-0.15, -0.1) is 24.0 Å². The van der Waals surface area contributed by atoms with Crippen LogP contribution < -0.4 is 10.6 Å². The first-order valence-electron chi connectivity index (χ1n) is 8.31. The molecule has 4 nitrogen and oxygen atoms in total. The molecular weight excluding hydrogens is 377 g/mol. The molecule has 0 aromatic heterocycles. The molecule has 21 heavy (non-hydrogen) atoms. The Balaban J connectivity index is 0.00000400. The second-order valence-electron chi connectivity index (χ2n) is 5.99. The van der Waals surface area contributed by atoms with Crippen molar-refractivity contribution < 1.29 is 4.74 Å². The Kier molecular flexibility index (Phi) is 13.6. The lowest BCUT2D eigenvalue weighted by atomic mass is 9.98. The van der Waals surface area contributed by atoms with Crippen LogP contribution in [0.1, 0.15) is 65.2 Å². The van der Waals surface area contributed by atoms with Crippen molar-refractivity contribution in [3.8, 4) is 0 Å². The molecule has 0 aliphatic heterocycles. The van der Waals surface area contributed by atoms with E-state index in [0.29, 0.717) is 12.1 Å². The number of unbranched alkanes of at least 4 members (excludes halogenated alkanes) is 2. The summed E-state index contributed by atoms with van der Waals surface area (Å²) in [5, 5.41) is 6.63. The molecule has 0 aromatic rings. The fourth-order valence-electron chi connectivity index (χ4n) is 2.56. The van der Waals surface area contributed by atoms with E-state index in [9.17, 15) is 0 Å². The summed E-state index contributed by atoms with van der Waals surface area (Å²) in [6.45, 7) is 6.16. The quantitative estimate of drug-likeness (QED) is 0.277. The lowest BCUT2D eigenvalue weighted by molar-refractivity contribution is 0.0264. The van der Waals surface area contributed by atoms with Crippen molar-refractivity contribution in [3.05, 3.63) is 0 Å². The standard InChI is InChI=1S/C16H33N3O.HI/c1-14(2)19-16(17-3)18-12-8-5-9-13-20-15-10-6-4-7-11-15;/h14-15H,4-13H2,1-3H3,(H2,17,18,19);1H. The SMILES string of the molecule is CN=C(NCCCCCOC1CCCCC1)NC(C)C.I. The van der Waals surface area contributed by atoms with Crippen molar-refractivity contribution in [2.24, 2.45) is 4.99 Å². The number of rotatable bonds is 8. The van der Waals surface area contributed by atoms with E-state index in [-0.39, 0.29) is 24.0 Å². The van der Waals surface area contributed by atoms with Crippen molar-refractivity contribution in [3.63, 3.8) is 0 Å². The van der Waals surface area contributed by atoms with Gasteiger partial charge < -0.3 is 15.4 Å². The van der Waals surface area contributed by atoms with Crippen molar-refractivity contribution in [2.75, 3.05) is 20.2 Å². The Morgan fingerprint density at radius 2 is 1.86 bits per heavy atom. The maximum atomic E-state index is 5.93. The van der Waals surface area contributed by atoms with Crippen LogP contribution in [0.15, 0.2) is 4.99 Å². The van der Waals surface area contributed by atoms with Gasteiger partial charge in [0.05, 0.1) is 6.10 Å². The maximum Gasteiger partial charge on any atom is 0.191 e. The summed E-state index contributed by atoms with van der Waals surface area (Å²) in [5.74, 6) is 0.901. The molecule has 5 heteroatoms. The highest BCUT2D eigenvalue weighted by Gasteiger charge is 2.12. The van der Waals surface area contributed by atoms with Crippen LogP contribution in [0.2, 0.25) is 0 Å². The summed E-state index contributed by atoms with van der Waals surface area (Å²) >= 11 is 0. The van der Waals surface area contributed by atoms with E-state index < -0.39 is 0 Å². The maximum absolute atomic E-state index is 5.93. The Morgan fingerprint density at radius 3 is 2.48 bits per heavy atom. The predicted molar refractivity (Wildman–Crippen MR) is 102 cm³/mol. The lowest BCUT2D eigenvalue weighted by Crippen LogP contribution is -2.41. The number of aliphatic imine (C=N–C) groups is 1. The van der Waals surface area contributed by atoms with Crippen molar-refractivity contribution in [1.82, 2.24) is 10.6 Å². The van der Waals surface area contributed by atoms with Gasteiger partial charge in [-0.2, -0.15) is 0 Å². The Morgan fingerprint density at radius 1 is 1.14 bits per heavy atom. The second-order valence-corrected chi connectivity index (χ2v) is 5.99. The second kappa shape index (κ2) is 13.6. The summed E-state index contributed by atoms with van der Waals surface area (Å²) in [7, 11) is 1.82. The zero-order valence-electron chi connectivity index (χ0n) is 14.0. The molecule has 0 heterocycles. The van der Waals surface area contributed by atoms with Crippen LogP contribution in [0.5, 0.6) is 0 Å². The van der Waals surface area contributed by atoms with Gasteiger partial charge in [-0.1, -0.05) is 19.3 Å². The fourth-order valence-corrected chi connectivity index (χ4v) is 2.56. The van der Waals surface area contributed by atoms with Gasteiger partial charge in [0.1, 0.15) is 0 Å². The van der Waals surface area contributed by atoms with Crippen molar-refractivity contribution >= 4 is 29.9 Å². The van der Waals surface area contributed by atoms with Crippen LogP contribution in [-0.4, -0.2) is 38.3 Å². The largest absolute Gasteiger partial charge is 0.378 e. The molecule has 1 rings (SSSR count). The van der Waals surface area contributed by atoms with Crippen molar-refractivity contribution in [1.29, 1.82) is 0 Å². The number of nitrogens with one attached hydrogen (secondary N) is 2. The van der Waals surface area contributed by atoms with Gasteiger partial charge in [0.2, 0.25) is 0 Å². The Bertz CT molecular complexity index is 266. The lowest BCUT2D eigenvalue weighted by Gasteiger charge is -2.21. The van der Waals surface area contributed by atoms with E-state index in [1.807, 2.05) is 7.05 Å². The Labute approximate surface area is 147 Å². The van der Waals surface area contributed by atoms with E-state index >= 15 is 0 Å². The molecule has 2 N–H and O–H groups in total. The molecule has 1 aliphatic rings. The van der Waals surface area contributed by atoms with Gasteiger partial charge in [-0.3, -0.25) is 4.99 Å². The van der Waals surface area contributed by atoms with E-state index in [2.05, 4.69) is 29.5 Å². The summed E-state index contributed by atoms with van der Waals surface area (Å²) in [6.07, 6.45) is 10.8. The number of nitrogens with zero attached hydrogens (tertiary/aromatic N) is 1. The first-order valence-corrected chi connectivity index (χ1v) is 8.31. The van der Waals surface area contributed by atoms with Gasteiger partial charge >= 0.3 is 0 Å². The minimum atomic E-state index is 0. The highest BCUT2D eigenvalue weighted by Crippen LogP contribution is 2.20. The average Bonchev–Trinajstić information content (AvgIpc) is 2.45. The number of hydrogen-bond donors (Lipinski definition) is 2. The number of ether oxygens (including phenoxy) is 1. The molecule has 0 atom stereocenters. The first-order chi connectivity index (χ1) is 9.72. The monoisotopic (exact) mass is 411 g/mol. The third-order valence-electron chi connectivity index (χ3n) is 3.67. The molecule has 0 radical (unpaired) electrons. The van der Waals surface area contributed by atoms with Gasteiger partial charge in [-0.05, 0) is 46.0 Å². The zero-order chi connectivity index (χ0) is 14.6. The first kappa shape index (κ1) is 21.0. The van der Waals surface area contributed by atoms with E-state index in [4.69, 9.17) is 4.74 Å². The van der Waals surface area contributed by atoms with Crippen LogP contribution >= 0.6 is 24.0 Å². The molecule has 1 aliphatic carbocycles. The highest BCUT2D eigenvalue weighted by atomic mass is 127. The minimum absolute atomic E-state index is 0. The number of hydrogen-bond acceptors (Lipinski definition) is 2. The summed E-state index contributed by atoms with van der Waals surface area (Å²) < 4.78 is 5.93. The number of halogens is 1. The molecule has 0 unspecified atom stereocenters. The van der Waals surface area contributed by atoms with Crippen LogP contribution in [0.3, 0.4) is 0 Å². The smallest absolute Gasteiger partial charge is 0.191 e. The summed E-state index contributed by atoms with van der Waals surface area (Å²) in [6, 6.07) is 0.421. The van der Waals surface area contributed by atoms with Gasteiger partial charge in [-0.25, -0.2) is 0 Å². The zero-order valence-corrected chi connectivity index (χ0v) is 16.3. The average molecular weight is 411 g/mol. The van der Waals surface area contributed by atoms with Crippen LogP contribution in [0, 0.1) is 0 Å². The fraction of sp³-hybridized carbons (Fsp3) is 0.938. The van der Waals surface area contributed by atoms with Crippen molar-refractivity contribution in [2.45, 2.75) is 77.4 Å². The number of guanidine groups is 1. The van der Waals surface area contributed by atoms with Gasteiger partial charge in [0, 0.05) is 26.2 Å².